The first-order valence-electron chi connectivity index (χ1n) is 8.65. The molecular formula is C20H23NO6S. The van der Waals surface area contributed by atoms with Crippen LogP contribution in [0, 0.1) is 5.92 Å². The lowest BCUT2D eigenvalue weighted by molar-refractivity contribution is -0.119. The number of amides is 1. The second-order valence-electron chi connectivity index (χ2n) is 6.66. The minimum absolute atomic E-state index is 0.0838. The Labute approximate surface area is 164 Å². The van der Waals surface area contributed by atoms with E-state index in [0.717, 1.165) is 6.26 Å². The maximum Gasteiger partial charge on any atom is 0.338 e. The van der Waals surface area contributed by atoms with Gasteiger partial charge in [0.2, 0.25) is 0 Å². The molecule has 0 saturated carbocycles. The highest BCUT2D eigenvalue weighted by Gasteiger charge is 2.13. The van der Waals surface area contributed by atoms with Crippen molar-refractivity contribution in [2.45, 2.75) is 18.7 Å². The zero-order chi connectivity index (χ0) is 20.7. The summed E-state index contributed by atoms with van der Waals surface area (Å²) < 4.78 is 33.7. The number of hydrogen-bond acceptors (Lipinski definition) is 6. The Morgan fingerprint density at radius 1 is 1.07 bits per heavy atom. The molecule has 0 aromatic heterocycles. The van der Waals surface area contributed by atoms with Gasteiger partial charge in [-0.15, -0.1) is 0 Å². The average molecular weight is 405 g/mol. The zero-order valence-corrected chi connectivity index (χ0v) is 16.8. The van der Waals surface area contributed by atoms with Crippen LogP contribution in [0.15, 0.2) is 53.4 Å². The summed E-state index contributed by atoms with van der Waals surface area (Å²) >= 11 is 0. The minimum Gasteiger partial charge on any atom is -0.493 e. The van der Waals surface area contributed by atoms with Gasteiger partial charge in [-0.25, -0.2) is 13.2 Å². The number of hydrogen-bond donors (Lipinski definition) is 1. The predicted octanol–water partition coefficient (Wildman–Crippen LogP) is 2.92. The average Bonchev–Trinajstić information content (AvgIpc) is 2.64. The molecule has 0 heterocycles. The number of carbonyl (C=O) groups is 2. The summed E-state index contributed by atoms with van der Waals surface area (Å²) in [5.74, 6) is -0.341. The highest BCUT2D eigenvalue weighted by molar-refractivity contribution is 7.90. The molecule has 1 amide bonds. The molecule has 0 unspecified atom stereocenters. The number of rotatable bonds is 8. The second kappa shape index (κ2) is 9.36. The quantitative estimate of drug-likeness (QED) is 0.678. The number of nitrogens with one attached hydrogen (secondary N) is 1. The number of ether oxygens (including phenoxy) is 2. The number of sulfone groups is 1. The summed E-state index contributed by atoms with van der Waals surface area (Å²) in [6.45, 7) is 4.05. The topological polar surface area (TPSA) is 98.8 Å². The molecule has 0 saturated heterocycles. The molecule has 0 fully saturated rings. The van der Waals surface area contributed by atoms with E-state index in [1.807, 2.05) is 13.8 Å². The van der Waals surface area contributed by atoms with Crippen LogP contribution in [0.25, 0.3) is 0 Å². The molecule has 1 N–H and O–H groups in total. The van der Waals surface area contributed by atoms with Gasteiger partial charge in [-0.1, -0.05) is 26.0 Å². The molecule has 7 nitrogen and oxygen atoms in total. The second-order valence-corrected chi connectivity index (χ2v) is 8.67. The van der Waals surface area contributed by atoms with Crippen molar-refractivity contribution in [1.82, 2.24) is 0 Å². The Morgan fingerprint density at radius 2 is 1.79 bits per heavy atom. The Hall–Kier alpha value is -2.87. The van der Waals surface area contributed by atoms with E-state index in [2.05, 4.69) is 5.32 Å². The van der Waals surface area contributed by atoms with Crippen LogP contribution in [-0.4, -0.2) is 39.8 Å². The van der Waals surface area contributed by atoms with Gasteiger partial charge in [0.15, 0.2) is 16.4 Å². The highest BCUT2D eigenvalue weighted by atomic mass is 32.2. The van der Waals surface area contributed by atoms with Crippen molar-refractivity contribution in [2.75, 3.05) is 24.8 Å². The summed E-state index contributed by atoms with van der Waals surface area (Å²) in [5.41, 5.74) is 0.571. The highest BCUT2D eigenvalue weighted by Crippen LogP contribution is 2.16. The van der Waals surface area contributed by atoms with Gasteiger partial charge in [0.05, 0.1) is 17.1 Å². The first-order valence-corrected chi connectivity index (χ1v) is 10.5. The van der Waals surface area contributed by atoms with Crippen LogP contribution in [0.1, 0.15) is 24.2 Å². The SMILES string of the molecule is CC(C)COc1cccc(C(=O)OCC(=O)Nc2cccc(S(C)(=O)=O)c2)c1. The molecule has 2 aromatic rings. The van der Waals surface area contributed by atoms with Crippen molar-refractivity contribution in [3.05, 3.63) is 54.1 Å². The molecule has 28 heavy (non-hydrogen) atoms. The van der Waals surface area contributed by atoms with Gasteiger partial charge in [0, 0.05) is 11.9 Å². The lowest BCUT2D eigenvalue weighted by Crippen LogP contribution is -2.21. The fraction of sp³-hybridized carbons (Fsp3) is 0.300. The van der Waals surface area contributed by atoms with Crippen molar-refractivity contribution in [3.63, 3.8) is 0 Å². The van der Waals surface area contributed by atoms with Crippen LogP contribution in [0.3, 0.4) is 0 Å². The fourth-order valence-corrected chi connectivity index (χ4v) is 2.86. The summed E-state index contributed by atoms with van der Waals surface area (Å²) in [6.07, 6.45) is 1.08. The van der Waals surface area contributed by atoms with Gasteiger partial charge in [-0.2, -0.15) is 0 Å². The minimum atomic E-state index is -3.39. The van der Waals surface area contributed by atoms with Gasteiger partial charge in [0.1, 0.15) is 5.75 Å². The van der Waals surface area contributed by atoms with Crippen LogP contribution < -0.4 is 10.1 Å². The number of anilines is 1. The fourth-order valence-electron chi connectivity index (χ4n) is 2.19. The summed E-state index contributed by atoms with van der Waals surface area (Å²) in [5, 5.41) is 2.50. The molecule has 0 aliphatic rings. The molecule has 0 aliphatic carbocycles. The van der Waals surface area contributed by atoms with Crippen LogP contribution in [0.2, 0.25) is 0 Å². The van der Waals surface area contributed by atoms with Crippen molar-refractivity contribution in [3.8, 4) is 5.75 Å². The van der Waals surface area contributed by atoms with Gasteiger partial charge in [0.25, 0.3) is 5.91 Å². The lowest BCUT2D eigenvalue weighted by Gasteiger charge is -2.10. The molecule has 0 bridgehead atoms. The molecule has 2 rings (SSSR count). The normalized spacial score (nSPS) is 11.1. The smallest absolute Gasteiger partial charge is 0.338 e. The third-order valence-corrected chi connectivity index (χ3v) is 4.64. The molecule has 8 heteroatoms. The number of benzene rings is 2. The molecular weight excluding hydrogens is 382 g/mol. The maximum absolute atomic E-state index is 12.1. The van der Waals surface area contributed by atoms with Gasteiger partial charge < -0.3 is 14.8 Å². The van der Waals surface area contributed by atoms with Crippen molar-refractivity contribution < 1.29 is 27.5 Å². The first kappa shape index (κ1) is 21.4. The Morgan fingerprint density at radius 3 is 2.46 bits per heavy atom. The number of esters is 1. The van der Waals surface area contributed by atoms with Crippen LogP contribution >= 0.6 is 0 Å². The van der Waals surface area contributed by atoms with Crippen molar-refractivity contribution in [2.24, 2.45) is 5.92 Å². The summed E-state index contributed by atoms with van der Waals surface area (Å²) in [7, 11) is -3.39. The monoisotopic (exact) mass is 405 g/mol. The standard InChI is InChI=1S/C20H23NO6S/c1-14(2)12-26-17-8-4-6-15(10-17)20(23)27-13-19(22)21-16-7-5-9-18(11-16)28(3,24)25/h4-11,14H,12-13H2,1-3H3,(H,21,22). The largest absolute Gasteiger partial charge is 0.493 e. The van der Waals surface area contributed by atoms with E-state index < -0.39 is 28.3 Å². The van der Waals surface area contributed by atoms with E-state index in [-0.39, 0.29) is 10.5 Å². The molecule has 2 aromatic carbocycles. The van der Waals surface area contributed by atoms with Crippen molar-refractivity contribution >= 4 is 27.4 Å². The molecule has 0 atom stereocenters. The molecule has 0 radical (unpaired) electrons. The Bertz CT molecular complexity index is 953. The van der Waals surface area contributed by atoms with E-state index >= 15 is 0 Å². The Balaban J connectivity index is 1.92. The van der Waals surface area contributed by atoms with Crippen LogP contribution in [0.4, 0.5) is 5.69 Å². The van der Waals surface area contributed by atoms with E-state index in [1.165, 1.54) is 18.2 Å². The van der Waals surface area contributed by atoms with Gasteiger partial charge in [-0.3, -0.25) is 4.79 Å². The molecule has 150 valence electrons. The van der Waals surface area contributed by atoms with Gasteiger partial charge in [-0.05, 0) is 42.3 Å². The zero-order valence-electron chi connectivity index (χ0n) is 16.0. The van der Waals surface area contributed by atoms with E-state index in [0.29, 0.717) is 24.0 Å². The predicted molar refractivity (Wildman–Crippen MR) is 105 cm³/mol. The molecule has 0 aliphatic heterocycles. The van der Waals surface area contributed by atoms with E-state index in [4.69, 9.17) is 9.47 Å². The summed E-state index contributed by atoms with van der Waals surface area (Å²) in [6, 6.07) is 12.4. The third kappa shape index (κ3) is 6.70. The lowest BCUT2D eigenvalue weighted by atomic mass is 10.2. The van der Waals surface area contributed by atoms with E-state index in [9.17, 15) is 18.0 Å². The van der Waals surface area contributed by atoms with Crippen molar-refractivity contribution in [1.29, 1.82) is 0 Å². The molecule has 0 spiro atoms. The van der Waals surface area contributed by atoms with Crippen LogP contribution in [-0.2, 0) is 19.4 Å². The van der Waals surface area contributed by atoms with E-state index in [1.54, 1.807) is 30.3 Å². The van der Waals surface area contributed by atoms with Gasteiger partial charge >= 0.3 is 5.97 Å². The Kier molecular flexibility index (Phi) is 7.17. The number of carbonyl (C=O) groups excluding carboxylic acids is 2. The first-order chi connectivity index (χ1) is 13.1. The van der Waals surface area contributed by atoms with Crippen LogP contribution in [0.5, 0.6) is 5.75 Å². The summed E-state index contributed by atoms with van der Waals surface area (Å²) in [4.78, 5) is 24.2. The third-order valence-electron chi connectivity index (χ3n) is 3.53. The maximum atomic E-state index is 12.1.